The second-order valence-electron chi connectivity index (χ2n) is 4.02. The maximum Gasteiger partial charge on any atom is 0.122 e. The van der Waals surface area contributed by atoms with E-state index in [-0.39, 0.29) is 5.84 Å². The molecule has 0 atom stereocenters. The highest BCUT2D eigenvalue weighted by Gasteiger charge is 2.20. The molecule has 1 aromatic rings. The minimum Gasteiger partial charge on any atom is -0.494 e. The number of hydrogen-bond donors (Lipinski definition) is 2. The van der Waals surface area contributed by atoms with Gasteiger partial charge in [0.15, 0.2) is 0 Å². The molecule has 1 fully saturated rings. The number of ether oxygens (including phenoxy) is 1. The van der Waals surface area contributed by atoms with Crippen LogP contribution in [0.4, 0.5) is 0 Å². The maximum absolute atomic E-state index is 7.25. The minimum absolute atomic E-state index is 0.0968. The Bertz CT molecular complexity index is 341. The Morgan fingerprint density at radius 1 is 1.33 bits per heavy atom. The molecule has 3 heteroatoms. The smallest absolute Gasteiger partial charge is 0.122 e. The summed E-state index contributed by atoms with van der Waals surface area (Å²) in [6, 6.07) is 7.36. The first-order valence-electron chi connectivity index (χ1n) is 5.33. The van der Waals surface area contributed by atoms with Gasteiger partial charge in [-0.25, -0.2) is 0 Å². The average Bonchev–Trinajstić information content (AvgIpc) is 3.02. The molecule has 1 saturated carbocycles. The number of nitrogens with two attached hydrogens (primary N) is 1. The maximum atomic E-state index is 7.25. The van der Waals surface area contributed by atoms with Crippen molar-refractivity contribution in [3.63, 3.8) is 0 Å². The average molecular weight is 204 g/mol. The molecule has 0 amide bonds. The van der Waals surface area contributed by atoms with E-state index in [0.717, 1.165) is 30.3 Å². The first-order chi connectivity index (χ1) is 7.25. The normalized spacial score (nSPS) is 14.9. The Morgan fingerprint density at radius 2 is 2.00 bits per heavy atom. The van der Waals surface area contributed by atoms with Crippen LogP contribution in [0.3, 0.4) is 0 Å². The molecule has 0 bridgehead atoms. The van der Waals surface area contributed by atoms with Crippen molar-refractivity contribution < 1.29 is 4.74 Å². The van der Waals surface area contributed by atoms with Crippen LogP contribution < -0.4 is 10.5 Å². The van der Waals surface area contributed by atoms with E-state index in [1.54, 1.807) is 0 Å². The van der Waals surface area contributed by atoms with Gasteiger partial charge in [-0.15, -0.1) is 0 Å². The third kappa shape index (κ3) is 2.98. The van der Waals surface area contributed by atoms with Gasteiger partial charge in [-0.05, 0) is 36.6 Å². The van der Waals surface area contributed by atoms with Gasteiger partial charge >= 0.3 is 0 Å². The molecule has 2 rings (SSSR count). The summed E-state index contributed by atoms with van der Waals surface area (Å²) in [7, 11) is 0. The fraction of sp³-hybridized carbons (Fsp3) is 0.417. The quantitative estimate of drug-likeness (QED) is 0.570. The third-order valence-electron chi connectivity index (χ3n) is 2.66. The predicted molar refractivity (Wildman–Crippen MR) is 60.3 cm³/mol. The van der Waals surface area contributed by atoms with Crippen LogP contribution in [0.15, 0.2) is 24.3 Å². The van der Waals surface area contributed by atoms with Gasteiger partial charge in [-0.3, -0.25) is 5.41 Å². The van der Waals surface area contributed by atoms with E-state index in [1.807, 2.05) is 24.3 Å². The molecule has 1 aliphatic rings. The molecule has 0 unspecified atom stereocenters. The zero-order valence-electron chi connectivity index (χ0n) is 8.70. The van der Waals surface area contributed by atoms with Crippen LogP contribution in [0.2, 0.25) is 0 Å². The zero-order chi connectivity index (χ0) is 10.7. The second kappa shape index (κ2) is 4.34. The summed E-state index contributed by atoms with van der Waals surface area (Å²) in [5.41, 5.74) is 6.09. The van der Waals surface area contributed by atoms with Gasteiger partial charge < -0.3 is 10.5 Å². The molecule has 0 heterocycles. The molecular weight excluding hydrogens is 188 g/mol. The summed E-state index contributed by atoms with van der Waals surface area (Å²) < 4.78 is 5.58. The molecule has 3 nitrogen and oxygen atoms in total. The third-order valence-corrected chi connectivity index (χ3v) is 2.66. The standard InChI is InChI=1S/C12H16N2O/c13-12(14)10-3-5-11(6-4-10)15-8-7-9-1-2-9/h3-6,9H,1-2,7-8H2,(H3,13,14). The van der Waals surface area contributed by atoms with Gasteiger partial charge in [-0.2, -0.15) is 0 Å². The van der Waals surface area contributed by atoms with Gasteiger partial charge in [0.2, 0.25) is 0 Å². The molecular formula is C12H16N2O. The lowest BCUT2D eigenvalue weighted by Crippen LogP contribution is -2.10. The van der Waals surface area contributed by atoms with Crippen molar-refractivity contribution in [1.29, 1.82) is 5.41 Å². The first-order valence-corrected chi connectivity index (χ1v) is 5.33. The van der Waals surface area contributed by atoms with E-state index in [0.29, 0.717) is 0 Å². The number of hydrogen-bond acceptors (Lipinski definition) is 2. The van der Waals surface area contributed by atoms with Crippen molar-refractivity contribution in [1.82, 2.24) is 0 Å². The fourth-order valence-electron chi connectivity index (χ4n) is 1.48. The van der Waals surface area contributed by atoms with Gasteiger partial charge in [0.05, 0.1) is 6.61 Å². The summed E-state index contributed by atoms with van der Waals surface area (Å²) in [4.78, 5) is 0. The highest BCUT2D eigenvalue weighted by Crippen LogP contribution is 2.32. The van der Waals surface area contributed by atoms with Crippen molar-refractivity contribution in [3.05, 3.63) is 29.8 Å². The Labute approximate surface area is 89.8 Å². The Hall–Kier alpha value is -1.51. The van der Waals surface area contributed by atoms with Crippen LogP contribution in [-0.4, -0.2) is 12.4 Å². The number of rotatable bonds is 5. The highest BCUT2D eigenvalue weighted by molar-refractivity contribution is 5.94. The molecule has 80 valence electrons. The fourth-order valence-corrected chi connectivity index (χ4v) is 1.48. The Balaban J connectivity index is 1.83. The van der Waals surface area contributed by atoms with Gasteiger partial charge in [-0.1, -0.05) is 12.8 Å². The zero-order valence-corrected chi connectivity index (χ0v) is 8.70. The minimum atomic E-state index is 0.0968. The topological polar surface area (TPSA) is 59.1 Å². The van der Waals surface area contributed by atoms with E-state index in [1.165, 1.54) is 12.8 Å². The van der Waals surface area contributed by atoms with Crippen LogP contribution in [0.5, 0.6) is 5.75 Å². The van der Waals surface area contributed by atoms with Gasteiger partial charge in [0.1, 0.15) is 11.6 Å². The molecule has 1 aliphatic carbocycles. The van der Waals surface area contributed by atoms with Gasteiger partial charge in [0.25, 0.3) is 0 Å². The molecule has 0 aromatic heterocycles. The monoisotopic (exact) mass is 204 g/mol. The van der Waals surface area contributed by atoms with E-state index in [4.69, 9.17) is 15.9 Å². The second-order valence-corrected chi connectivity index (χ2v) is 4.02. The Kier molecular flexibility index (Phi) is 2.90. The number of nitrogen functional groups attached to an aromatic ring is 1. The molecule has 0 radical (unpaired) electrons. The molecule has 15 heavy (non-hydrogen) atoms. The molecule has 0 aliphatic heterocycles. The van der Waals surface area contributed by atoms with E-state index in [9.17, 15) is 0 Å². The van der Waals surface area contributed by atoms with Crippen LogP contribution in [0, 0.1) is 11.3 Å². The number of amidine groups is 1. The van der Waals surface area contributed by atoms with Crippen molar-refractivity contribution in [2.45, 2.75) is 19.3 Å². The first kappa shape index (κ1) is 10.0. The number of nitrogens with one attached hydrogen (secondary N) is 1. The molecule has 3 N–H and O–H groups in total. The summed E-state index contributed by atoms with van der Waals surface area (Å²) >= 11 is 0. The van der Waals surface area contributed by atoms with Crippen LogP contribution in [0.25, 0.3) is 0 Å². The van der Waals surface area contributed by atoms with Crippen molar-refractivity contribution >= 4 is 5.84 Å². The highest BCUT2D eigenvalue weighted by atomic mass is 16.5. The van der Waals surface area contributed by atoms with Crippen LogP contribution >= 0.6 is 0 Å². The van der Waals surface area contributed by atoms with E-state index < -0.39 is 0 Å². The lowest BCUT2D eigenvalue weighted by Gasteiger charge is -2.06. The molecule has 0 spiro atoms. The van der Waals surface area contributed by atoms with E-state index in [2.05, 4.69) is 0 Å². The van der Waals surface area contributed by atoms with Crippen molar-refractivity contribution in [2.75, 3.05) is 6.61 Å². The lowest BCUT2D eigenvalue weighted by molar-refractivity contribution is 0.302. The van der Waals surface area contributed by atoms with Crippen molar-refractivity contribution in [2.24, 2.45) is 11.7 Å². The Morgan fingerprint density at radius 3 is 2.53 bits per heavy atom. The molecule has 0 saturated heterocycles. The van der Waals surface area contributed by atoms with Crippen LogP contribution in [0.1, 0.15) is 24.8 Å². The van der Waals surface area contributed by atoms with E-state index >= 15 is 0 Å². The van der Waals surface area contributed by atoms with Crippen molar-refractivity contribution in [3.8, 4) is 5.75 Å². The molecule has 1 aromatic carbocycles. The lowest BCUT2D eigenvalue weighted by atomic mass is 10.2. The summed E-state index contributed by atoms with van der Waals surface area (Å²) in [6.07, 6.45) is 3.90. The summed E-state index contributed by atoms with van der Waals surface area (Å²) in [6.45, 7) is 0.796. The SMILES string of the molecule is N=C(N)c1ccc(OCCC2CC2)cc1. The summed E-state index contributed by atoms with van der Waals surface area (Å²) in [5, 5.41) is 7.25. The largest absolute Gasteiger partial charge is 0.494 e. The van der Waals surface area contributed by atoms with Gasteiger partial charge in [0, 0.05) is 5.56 Å². The number of benzene rings is 1. The summed E-state index contributed by atoms with van der Waals surface area (Å²) in [5.74, 6) is 1.86. The predicted octanol–water partition coefficient (Wildman–Crippen LogP) is 2.15. The van der Waals surface area contributed by atoms with Crippen LogP contribution in [-0.2, 0) is 0 Å².